The molecular formula is C18H19N3O4. The lowest BCUT2D eigenvalue weighted by molar-refractivity contribution is 0.0696. The van der Waals surface area contributed by atoms with E-state index in [1.165, 1.54) is 12.3 Å². The van der Waals surface area contributed by atoms with E-state index in [1.807, 2.05) is 4.90 Å². The maximum Gasteiger partial charge on any atom is 0.335 e. The van der Waals surface area contributed by atoms with Crippen LogP contribution < -0.4 is 9.64 Å². The molecule has 1 N–H and O–H groups in total. The molecular weight excluding hydrogens is 322 g/mol. The van der Waals surface area contributed by atoms with Crippen molar-refractivity contribution in [3.8, 4) is 5.75 Å². The highest BCUT2D eigenvalue weighted by atomic mass is 16.5. The largest absolute Gasteiger partial charge is 0.497 e. The first kappa shape index (κ1) is 16.8. The number of rotatable bonds is 4. The molecule has 0 bridgehead atoms. The van der Waals surface area contributed by atoms with E-state index in [1.54, 1.807) is 42.3 Å². The van der Waals surface area contributed by atoms with Crippen molar-refractivity contribution in [3.05, 3.63) is 53.7 Å². The first-order valence-electron chi connectivity index (χ1n) is 7.96. The zero-order valence-corrected chi connectivity index (χ0v) is 13.9. The van der Waals surface area contributed by atoms with Gasteiger partial charge < -0.3 is 19.6 Å². The summed E-state index contributed by atoms with van der Waals surface area (Å²) in [5.74, 6) is 0.341. The number of methoxy groups -OCH3 is 1. The maximum atomic E-state index is 12.6. The highest BCUT2D eigenvalue weighted by Crippen LogP contribution is 2.18. The van der Waals surface area contributed by atoms with Crippen molar-refractivity contribution < 1.29 is 19.4 Å². The number of aromatic nitrogens is 1. The molecule has 1 aromatic carbocycles. The van der Waals surface area contributed by atoms with E-state index in [0.29, 0.717) is 43.3 Å². The monoisotopic (exact) mass is 341 g/mol. The van der Waals surface area contributed by atoms with Crippen LogP contribution in [-0.2, 0) is 0 Å². The summed E-state index contributed by atoms with van der Waals surface area (Å²) in [6, 6.07) is 10.1. The van der Waals surface area contributed by atoms with Gasteiger partial charge in [0.1, 0.15) is 11.6 Å². The number of carbonyl (C=O) groups is 2. The van der Waals surface area contributed by atoms with Gasteiger partial charge in [-0.05, 0) is 36.4 Å². The van der Waals surface area contributed by atoms with Crippen LogP contribution >= 0.6 is 0 Å². The van der Waals surface area contributed by atoms with Crippen molar-refractivity contribution in [2.24, 2.45) is 0 Å². The number of hydrogen-bond donors (Lipinski definition) is 1. The van der Waals surface area contributed by atoms with Gasteiger partial charge in [-0.1, -0.05) is 0 Å². The minimum Gasteiger partial charge on any atom is -0.497 e. The summed E-state index contributed by atoms with van der Waals surface area (Å²) in [5.41, 5.74) is 0.835. The quantitative estimate of drug-likeness (QED) is 0.912. The molecule has 25 heavy (non-hydrogen) atoms. The number of amides is 1. The lowest BCUT2D eigenvalue weighted by Crippen LogP contribution is -2.49. The van der Waals surface area contributed by atoms with Gasteiger partial charge in [0, 0.05) is 37.9 Å². The zero-order valence-electron chi connectivity index (χ0n) is 13.9. The van der Waals surface area contributed by atoms with Gasteiger partial charge in [-0.15, -0.1) is 0 Å². The summed E-state index contributed by atoms with van der Waals surface area (Å²) >= 11 is 0. The Balaban J connectivity index is 1.64. The van der Waals surface area contributed by atoms with E-state index in [0.717, 1.165) is 0 Å². The Morgan fingerprint density at radius 3 is 2.32 bits per heavy atom. The van der Waals surface area contributed by atoms with Crippen molar-refractivity contribution in [2.75, 3.05) is 38.2 Å². The van der Waals surface area contributed by atoms with Gasteiger partial charge in [0.25, 0.3) is 5.91 Å². The van der Waals surface area contributed by atoms with Gasteiger partial charge >= 0.3 is 5.97 Å². The summed E-state index contributed by atoms with van der Waals surface area (Å²) in [5, 5.41) is 9.08. The van der Waals surface area contributed by atoms with Crippen LogP contribution in [0.25, 0.3) is 0 Å². The molecule has 1 aromatic heterocycles. The average Bonchev–Trinajstić information content (AvgIpc) is 2.67. The second-order valence-corrected chi connectivity index (χ2v) is 5.72. The van der Waals surface area contributed by atoms with Crippen LogP contribution in [0.1, 0.15) is 20.7 Å². The lowest BCUT2D eigenvalue weighted by atomic mass is 10.1. The van der Waals surface area contributed by atoms with Crippen LogP contribution in [0.3, 0.4) is 0 Å². The number of carboxylic acids is 1. The first-order valence-corrected chi connectivity index (χ1v) is 7.96. The first-order chi connectivity index (χ1) is 12.1. The predicted octanol–water partition coefficient (Wildman–Crippen LogP) is 1.75. The van der Waals surface area contributed by atoms with Gasteiger partial charge in [-0.2, -0.15) is 0 Å². The van der Waals surface area contributed by atoms with Crippen molar-refractivity contribution in [2.45, 2.75) is 0 Å². The molecule has 7 nitrogen and oxygen atoms in total. The SMILES string of the molecule is COc1ccc(C(=O)N2CCN(c3cc(C(=O)O)ccn3)CC2)cc1. The van der Waals surface area contributed by atoms with Crippen molar-refractivity contribution in [1.29, 1.82) is 0 Å². The Morgan fingerprint density at radius 2 is 1.72 bits per heavy atom. The van der Waals surface area contributed by atoms with Crippen LogP contribution in [0.4, 0.5) is 5.82 Å². The molecule has 0 spiro atoms. The number of benzene rings is 1. The molecule has 2 heterocycles. The van der Waals surface area contributed by atoms with E-state index in [-0.39, 0.29) is 11.5 Å². The van der Waals surface area contributed by atoms with E-state index in [9.17, 15) is 9.59 Å². The number of ether oxygens (including phenoxy) is 1. The second-order valence-electron chi connectivity index (χ2n) is 5.72. The molecule has 1 saturated heterocycles. The van der Waals surface area contributed by atoms with Crippen LogP contribution in [-0.4, -0.2) is 60.2 Å². The number of pyridine rings is 1. The third-order valence-corrected chi connectivity index (χ3v) is 4.22. The summed E-state index contributed by atoms with van der Waals surface area (Å²) in [4.78, 5) is 31.7. The Hall–Kier alpha value is -3.09. The summed E-state index contributed by atoms with van der Waals surface area (Å²) in [6.45, 7) is 2.34. The molecule has 130 valence electrons. The van der Waals surface area contributed by atoms with Crippen molar-refractivity contribution in [1.82, 2.24) is 9.88 Å². The minimum atomic E-state index is -0.975. The Labute approximate surface area is 145 Å². The van der Waals surface area contributed by atoms with E-state index in [2.05, 4.69) is 4.98 Å². The standard InChI is InChI=1S/C18H19N3O4/c1-25-15-4-2-13(3-5-15)17(22)21-10-8-20(9-11-21)16-12-14(18(23)24)6-7-19-16/h2-7,12H,8-11H2,1H3,(H,23,24). The van der Waals surface area contributed by atoms with Gasteiger partial charge in [-0.25, -0.2) is 9.78 Å². The van der Waals surface area contributed by atoms with Crippen molar-refractivity contribution in [3.63, 3.8) is 0 Å². The molecule has 1 aliphatic rings. The zero-order chi connectivity index (χ0) is 17.8. The molecule has 7 heteroatoms. The van der Waals surface area contributed by atoms with Crippen molar-refractivity contribution >= 4 is 17.7 Å². The highest BCUT2D eigenvalue weighted by molar-refractivity contribution is 5.94. The fraction of sp³-hybridized carbons (Fsp3) is 0.278. The minimum absolute atomic E-state index is 0.0189. The highest BCUT2D eigenvalue weighted by Gasteiger charge is 2.23. The summed E-state index contributed by atoms with van der Waals surface area (Å²) in [7, 11) is 1.59. The third-order valence-electron chi connectivity index (χ3n) is 4.22. The molecule has 1 amide bonds. The van der Waals surface area contributed by atoms with Gasteiger partial charge in [-0.3, -0.25) is 4.79 Å². The van der Waals surface area contributed by atoms with Crippen LogP contribution in [0, 0.1) is 0 Å². The predicted molar refractivity (Wildman–Crippen MR) is 92.3 cm³/mol. The number of anilines is 1. The second kappa shape index (κ2) is 7.21. The normalized spacial score (nSPS) is 14.3. The topological polar surface area (TPSA) is 83.0 Å². The van der Waals surface area contributed by atoms with E-state index >= 15 is 0 Å². The molecule has 0 aliphatic carbocycles. The van der Waals surface area contributed by atoms with E-state index in [4.69, 9.17) is 9.84 Å². The number of aromatic carboxylic acids is 1. The Bertz CT molecular complexity index is 768. The summed E-state index contributed by atoms with van der Waals surface area (Å²) < 4.78 is 5.10. The number of piperazine rings is 1. The Morgan fingerprint density at radius 1 is 1.04 bits per heavy atom. The molecule has 0 unspecified atom stereocenters. The maximum absolute atomic E-state index is 12.6. The Kier molecular flexibility index (Phi) is 4.83. The number of carboxylic acid groups (broad SMARTS) is 1. The molecule has 1 fully saturated rings. The molecule has 1 aliphatic heterocycles. The van der Waals surface area contributed by atoms with Gasteiger partial charge in [0.15, 0.2) is 0 Å². The van der Waals surface area contributed by atoms with Crippen LogP contribution in [0.2, 0.25) is 0 Å². The van der Waals surface area contributed by atoms with Crippen LogP contribution in [0.15, 0.2) is 42.6 Å². The fourth-order valence-corrected chi connectivity index (χ4v) is 2.78. The summed E-state index contributed by atoms with van der Waals surface area (Å²) in [6.07, 6.45) is 1.49. The van der Waals surface area contributed by atoms with Gasteiger partial charge in [0.2, 0.25) is 0 Å². The average molecular weight is 341 g/mol. The number of hydrogen-bond acceptors (Lipinski definition) is 5. The number of nitrogens with zero attached hydrogens (tertiary/aromatic N) is 3. The molecule has 2 aromatic rings. The smallest absolute Gasteiger partial charge is 0.335 e. The molecule has 0 atom stereocenters. The lowest BCUT2D eigenvalue weighted by Gasteiger charge is -2.35. The van der Waals surface area contributed by atoms with E-state index < -0.39 is 5.97 Å². The number of carbonyl (C=O) groups excluding carboxylic acids is 1. The molecule has 0 radical (unpaired) electrons. The van der Waals surface area contributed by atoms with Crippen LogP contribution in [0.5, 0.6) is 5.75 Å². The van der Waals surface area contributed by atoms with Gasteiger partial charge in [0.05, 0.1) is 12.7 Å². The third kappa shape index (κ3) is 3.71. The fourth-order valence-electron chi connectivity index (χ4n) is 2.78. The molecule has 3 rings (SSSR count). The molecule has 0 saturated carbocycles.